The van der Waals surface area contributed by atoms with Gasteiger partial charge in [0.25, 0.3) is 0 Å². The van der Waals surface area contributed by atoms with Gasteiger partial charge in [0, 0.05) is 25.8 Å². The fraction of sp³-hybridized carbons (Fsp3) is 0.833. The number of hydrogen-bond donors (Lipinski definition) is 3. The molecular formula is C6H15N3O. The maximum Gasteiger partial charge on any atom is 0.0556 e. The summed E-state index contributed by atoms with van der Waals surface area (Å²) in [5, 5.41) is 11.3. The quantitative estimate of drug-likeness (QED) is 0.318. The molecule has 4 N–H and O–H groups in total. The summed E-state index contributed by atoms with van der Waals surface area (Å²) in [5.74, 6) is 0. The number of nitrogens with two attached hydrogens (primary N) is 1. The van der Waals surface area contributed by atoms with E-state index in [0.29, 0.717) is 26.2 Å². The molecule has 0 aromatic carbocycles. The number of hydrogen-bond acceptors (Lipinski definition) is 4. The molecule has 0 rings (SSSR count). The molecule has 0 aromatic heterocycles. The Morgan fingerprint density at radius 2 is 2.40 bits per heavy atom. The maximum absolute atomic E-state index is 8.34. The highest BCUT2D eigenvalue weighted by Crippen LogP contribution is 1.61. The molecule has 0 aromatic rings. The first-order valence-electron chi connectivity index (χ1n) is 3.41. The average molecular weight is 145 g/mol. The summed E-state index contributed by atoms with van der Waals surface area (Å²) < 4.78 is 0. The van der Waals surface area contributed by atoms with Crippen LogP contribution in [-0.4, -0.2) is 44.1 Å². The molecule has 10 heavy (non-hydrogen) atoms. The molecule has 4 nitrogen and oxygen atoms in total. The van der Waals surface area contributed by atoms with E-state index in [9.17, 15) is 0 Å². The van der Waals surface area contributed by atoms with Crippen molar-refractivity contribution in [3.63, 3.8) is 0 Å². The molecule has 60 valence electrons. The van der Waals surface area contributed by atoms with Crippen LogP contribution in [0.15, 0.2) is 4.99 Å². The summed E-state index contributed by atoms with van der Waals surface area (Å²) >= 11 is 0. The minimum absolute atomic E-state index is 0.171. The predicted octanol–water partition coefficient (Wildman–Crippen LogP) is -1.40. The van der Waals surface area contributed by atoms with Gasteiger partial charge in [-0.2, -0.15) is 0 Å². The van der Waals surface area contributed by atoms with Gasteiger partial charge in [0.1, 0.15) is 0 Å². The molecule has 0 amide bonds. The summed E-state index contributed by atoms with van der Waals surface area (Å²) in [4.78, 5) is 3.97. The fourth-order valence-corrected chi connectivity index (χ4v) is 0.476. The van der Waals surface area contributed by atoms with Crippen molar-refractivity contribution in [3.8, 4) is 0 Å². The number of rotatable bonds is 6. The minimum atomic E-state index is 0.171. The van der Waals surface area contributed by atoms with Crippen molar-refractivity contribution in [3.05, 3.63) is 0 Å². The first-order chi connectivity index (χ1) is 4.91. The van der Waals surface area contributed by atoms with Crippen LogP contribution in [0.2, 0.25) is 0 Å². The van der Waals surface area contributed by atoms with Crippen LogP contribution in [0.25, 0.3) is 0 Å². The first-order valence-corrected chi connectivity index (χ1v) is 3.41. The highest BCUT2D eigenvalue weighted by molar-refractivity contribution is 5.59. The Labute approximate surface area is 61.1 Å². The molecule has 0 aliphatic carbocycles. The molecule has 0 radical (unpaired) electrons. The Bertz CT molecular complexity index is 85.1. The lowest BCUT2D eigenvalue weighted by molar-refractivity contribution is 0.295. The van der Waals surface area contributed by atoms with Crippen LogP contribution in [0, 0.1) is 0 Å². The highest BCUT2D eigenvalue weighted by Gasteiger charge is 1.78. The Morgan fingerprint density at radius 3 is 3.00 bits per heavy atom. The van der Waals surface area contributed by atoms with Crippen LogP contribution in [0.5, 0.6) is 0 Å². The van der Waals surface area contributed by atoms with Gasteiger partial charge in [-0.15, -0.1) is 0 Å². The van der Waals surface area contributed by atoms with Crippen LogP contribution >= 0.6 is 0 Å². The number of nitrogens with zero attached hydrogens (tertiary/aromatic N) is 1. The number of aliphatic imine (C=N–C) groups is 1. The summed E-state index contributed by atoms with van der Waals surface area (Å²) in [6.45, 7) is 2.78. The van der Waals surface area contributed by atoms with Gasteiger partial charge < -0.3 is 16.2 Å². The lowest BCUT2D eigenvalue weighted by Crippen LogP contribution is -2.20. The summed E-state index contributed by atoms with van der Waals surface area (Å²) in [7, 11) is 0. The van der Waals surface area contributed by atoms with E-state index in [2.05, 4.69) is 10.3 Å². The molecule has 0 aliphatic heterocycles. The van der Waals surface area contributed by atoms with Crippen molar-refractivity contribution < 1.29 is 5.11 Å². The van der Waals surface area contributed by atoms with Gasteiger partial charge in [-0.1, -0.05) is 0 Å². The molecule has 0 spiro atoms. The molecular weight excluding hydrogens is 130 g/mol. The van der Waals surface area contributed by atoms with Gasteiger partial charge in [0.2, 0.25) is 0 Å². The van der Waals surface area contributed by atoms with E-state index >= 15 is 0 Å². The molecule has 0 saturated heterocycles. The van der Waals surface area contributed by atoms with E-state index in [-0.39, 0.29) is 6.61 Å². The normalized spacial score (nSPS) is 11.0. The Balaban J connectivity index is 2.88. The molecule has 0 fully saturated rings. The lowest BCUT2D eigenvalue weighted by atomic mass is 10.6. The van der Waals surface area contributed by atoms with E-state index in [1.807, 2.05) is 0 Å². The van der Waals surface area contributed by atoms with E-state index in [1.165, 1.54) is 0 Å². The largest absolute Gasteiger partial charge is 0.395 e. The third kappa shape index (κ3) is 7.55. The number of aliphatic hydroxyl groups excluding tert-OH is 1. The van der Waals surface area contributed by atoms with Gasteiger partial charge in [-0.05, 0) is 0 Å². The Hall–Kier alpha value is -0.450. The van der Waals surface area contributed by atoms with Crippen molar-refractivity contribution in [2.45, 2.75) is 0 Å². The van der Waals surface area contributed by atoms with E-state index < -0.39 is 0 Å². The standard InChI is InChI=1S/C6H15N3O/c7-1-2-8-3-4-9-5-6-10/h3,9-10H,1-2,4-7H2. The van der Waals surface area contributed by atoms with Crippen LogP contribution in [0.1, 0.15) is 0 Å². The summed E-state index contributed by atoms with van der Waals surface area (Å²) in [6.07, 6.45) is 1.77. The minimum Gasteiger partial charge on any atom is -0.395 e. The third-order valence-corrected chi connectivity index (χ3v) is 0.912. The Kier molecular flexibility index (Phi) is 8.17. The molecule has 0 atom stereocenters. The SMILES string of the molecule is NCCN=CCNCCO. The second-order valence-corrected chi connectivity index (χ2v) is 1.81. The first kappa shape index (κ1) is 9.55. The monoisotopic (exact) mass is 145 g/mol. The van der Waals surface area contributed by atoms with Gasteiger partial charge in [0.05, 0.1) is 13.2 Å². The zero-order valence-electron chi connectivity index (χ0n) is 6.08. The van der Waals surface area contributed by atoms with Gasteiger partial charge in [0.15, 0.2) is 0 Å². The topological polar surface area (TPSA) is 70.6 Å². The number of nitrogens with one attached hydrogen (secondary N) is 1. The van der Waals surface area contributed by atoms with Crippen LogP contribution in [0.3, 0.4) is 0 Å². The molecule has 0 aliphatic rings. The van der Waals surface area contributed by atoms with E-state index in [1.54, 1.807) is 6.21 Å². The summed E-state index contributed by atoms with van der Waals surface area (Å²) in [5.41, 5.74) is 5.20. The van der Waals surface area contributed by atoms with Crippen molar-refractivity contribution in [2.24, 2.45) is 10.7 Å². The van der Waals surface area contributed by atoms with E-state index in [0.717, 1.165) is 0 Å². The zero-order valence-corrected chi connectivity index (χ0v) is 6.08. The van der Waals surface area contributed by atoms with Gasteiger partial charge in [-0.3, -0.25) is 4.99 Å². The molecule has 0 heterocycles. The third-order valence-electron chi connectivity index (χ3n) is 0.912. The fourth-order valence-electron chi connectivity index (χ4n) is 0.476. The van der Waals surface area contributed by atoms with Gasteiger partial charge in [-0.25, -0.2) is 0 Å². The molecule has 0 saturated carbocycles. The number of aliphatic hydroxyl groups is 1. The van der Waals surface area contributed by atoms with E-state index in [4.69, 9.17) is 10.8 Å². The lowest BCUT2D eigenvalue weighted by Gasteiger charge is -1.94. The smallest absolute Gasteiger partial charge is 0.0556 e. The van der Waals surface area contributed by atoms with Crippen molar-refractivity contribution >= 4 is 6.21 Å². The van der Waals surface area contributed by atoms with Crippen molar-refractivity contribution in [1.29, 1.82) is 0 Å². The van der Waals surface area contributed by atoms with Crippen molar-refractivity contribution in [1.82, 2.24) is 5.32 Å². The predicted molar refractivity (Wildman–Crippen MR) is 42.4 cm³/mol. The second-order valence-electron chi connectivity index (χ2n) is 1.81. The highest BCUT2D eigenvalue weighted by atomic mass is 16.3. The van der Waals surface area contributed by atoms with Gasteiger partial charge >= 0.3 is 0 Å². The van der Waals surface area contributed by atoms with Crippen LogP contribution in [-0.2, 0) is 0 Å². The second kappa shape index (κ2) is 8.55. The maximum atomic E-state index is 8.34. The molecule has 4 heteroatoms. The van der Waals surface area contributed by atoms with Crippen LogP contribution < -0.4 is 11.1 Å². The molecule has 0 unspecified atom stereocenters. The zero-order chi connectivity index (χ0) is 7.66. The Morgan fingerprint density at radius 1 is 1.60 bits per heavy atom. The van der Waals surface area contributed by atoms with Crippen LogP contribution in [0.4, 0.5) is 0 Å². The summed E-state index contributed by atoms with van der Waals surface area (Å²) in [6, 6.07) is 0. The van der Waals surface area contributed by atoms with Crippen molar-refractivity contribution in [2.75, 3.05) is 32.8 Å². The average Bonchev–Trinajstić information content (AvgIpc) is 1.97. The molecule has 0 bridgehead atoms.